The van der Waals surface area contributed by atoms with Crippen LogP contribution in [-0.4, -0.2) is 16.8 Å². The lowest BCUT2D eigenvalue weighted by Gasteiger charge is -2.11. The second kappa shape index (κ2) is 7.61. The van der Waals surface area contributed by atoms with Gasteiger partial charge < -0.3 is 0 Å². The number of nitrogens with one attached hydrogen (secondary N) is 2. The highest BCUT2D eigenvalue weighted by Gasteiger charge is 2.18. The van der Waals surface area contributed by atoms with Crippen LogP contribution in [0.5, 0.6) is 0 Å². The monoisotopic (exact) mass is 420 g/mol. The van der Waals surface area contributed by atoms with E-state index in [1.807, 2.05) is 6.92 Å². The summed E-state index contributed by atoms with van der Waals surface area (Å²) in [6.07, 6.45) is 0. The quantitative estimate of drug-likeness (QED) is 0.635. The molecule has 0 aromatic heterocycles. The molecule has 0 saturated heterocycles. The third-order valence-electron chi connectivity index (χ3n) is 3.87. The SMILES string of the molecule is Cc1ccc(S(=O)(=O)Nc2ccc(S(=O)(=O)Nc3ccccc3F)cc2)cc1. The van der Waals surface area contributed by atoms with Crippen molar-refractivity contribution in [3.05, 3.63) is 84.2 Å². The van der Waals surface area contributed by atoms with Crippen LogP contribution >= 0.6 is 0 Å². The minimum absolute atomic E-state index is 0.0935. The summed E-state index contributed by atoms with van der Waals surface area (Å²) in [4.78, 5) is -0.0370. The van der Waals surface area contributed by atoms with E-state index in [-0.39, 0.29) is 21.2 Å². The van der Waals surface area contributed by atoms with Gasteiger partial charge in [-0.15, -0.1) is 0 Å². The zero-order chi connectivity index (χ0) is 20.4. The van der Waals surface area contributed by atoms with Crippen LogP contribution in [-0.2, 0) is 20.0 Å². The van der Waals surface area contributed by atoms with Crippen LogP contribution in [0.4, 0.5) is 15.8 Å². The predicted octanol–water partition coefficient (Wildman–Crippen LogP) is 3.74. The maximum absolute atomic E-state index is 13.7. The fourth-order valence-electron chi connectivity index (χ4n) is 2.38. The maximum atomic E-state index is 13.7. The molecule has 146 valence electrons. The molecule has 0 spiro atoms. The van der Waals surface area contributed by atoms with Crippen molar-refractivity contribution in [2.45, 2.75) is 16.7 Å². The number of anilines is 2. The third-order valence-corrected chi connectivity index (χ3v) is 6.64. The zero-order valence-corrected chi connectivity index (χ0v) is 16.4. The number of hydrogen-bond donors (Lipinski definition) is 2. The highest BCUT2D eigenvalue weighted by molar-refractivity contribution is 7.93. The standard InChI is InChI=1S/C19H17FN2O4S2/c1-14-6-10-16(11-7-14)27(23,24)21-15-8-12-17(13-9-15)28(25,26)22-19-5-3-2-4-18(19)20/h2-13,21-22H,1H3. The van der Waals surface area contributed by atoms with Crippen molar-refractivity contribution in [2.75, 3.05) is 9.44 Å². The first-order chi connectivity index (χ1) is 13.2. The number of hydrogen-bond acceptors (Lipinski definition) is 4. The minimum Gasteiger partial charge on any atom is -0.280 e. The molecule has 3 aromatic carbocycles. The van der Waals surface area contributed by atoms with Crippen LogP contribution in [0.2, 0.25) is 0 Å². The van der Waals surface area contributed by atoms with Crippen molar-refractivity contribution in [3.8, 4) is 0 Å². The van der Waals surface area contributed by atoms with E-state index in [9.17, 15) is 21.2 Å². The Balaban J connectivity index is 1.79. The first-order valence-corrected chi connectivity index (χ1v) is 11.1. The van der Waals surface area contributed by atoms with E-state index < -0.39 is 25.9 Å². The molecule has 0 amide bonds. The van der Waals surface area contributed by atoms with Crippen molar-refractivity contribution < 1.29 is 21.2 Å². The Morgan fingerprint density at radius 1 is 0.679 bits per heavy atom. The number of sulfonamides is 2. The van der Waals surface area contributed by atoms with E-state index in [0.717, 1.165) is 11.6 Å². The van der Waals surface area contributed by atoms with Crippen LogP contribution in [0.25, 0.3) is 0 Å². The fourth-order valence-corrected chi connectivity index (χ4v) is 4.51. The molecule has 0 saturated carbocycles. The van der Waals surface area contributed by atoms with Gasteiger partial charge in [0.25, 0.3) is 20.0 Å². The molecule has 0 aliphatic rings. The maximum Gasteiger partial charge on any atom is 0.261 e. The Labute approximate surface area is 163 Å². The molecule has 0 fully saturated rings. The second-order valence-corrected chi connectivity index (χ2v) is 9.39. The van der Waals surface area contributed by atoms with Gasteiger partial charge in [-0.3, -0.25) is 9.44 Å². The zero-order valence-electron chi connectivity index (χ0n) is 14.8. The molecule has 0 radical (unpaired) electrons. The Kier molecular flexibility index (Phi) is 5.39. The largest absolute Gasteiger partial charge is 0.280 e. The highest BCUT2D eigenvalue weighted by atomic mass is 32.2. The van der Waals surface area contributed by atoms with Crippen molar-refractivity contribution in [3.63, 3.8) is 0 Å². The molecule has 28 heavy (non-hydrogen) atoms. The van der Waals surface area contributed by atoms with Crippen LogP contribution in [0.3, 0.4) is 0 Å². The Bertz CT molecular complexity index is 1190. The minimum atomic E-state index is -4.02. The van der Waals surface area contributed by atoms with Crippen LogP contribution in [0.1, 0.15) is 5.56 Å². The Morgan fingerprint density at radius 3 is 1.75 bits per heavy atom. The lowest BCUT2D eigenvalue weighted by molar-refractivity contribution is 0.598. The molecule has 9 heteroatoms. The van der Waals surface area contributed by atoms with Gasteiger partial charge in [-0.05, 0) is 55.5 Å². The molecule has 3 rings (SSSR count). The first-order valence-electron chi connectivity index (χ1n) is 8.14. The average Bonchev–Trinajstić information content (AvgIpc) is 2.64. The second-order valence-electron chi connectivity index (χ2n) is 6.03. The summed E-state index contributed by atoms with van der Waals surface area (Å²) in [5, 5.41) is 0. The van der Waals surface area contributed by atoms with Gasteiger partial charge in [0.2, 0.25) is 0 Å². The molecule has 0 atom stereocenters. The molecule has 6 nitrogen and oxygen atoms in total. The first kappa shape index (κ1) is 19.8. The average molecular weight is 420 g/mol. The summed E-state index contributed by atoms with van der Waals surface area (Å²) >= 11 is 0. The van der Waals surface area contributed by atoms with Gasteiger partial charge in [0.15, 0.2) is 0 Å². The molecular formula is C19H17FN2O4S2. The van der Waals surface area contributed by atoms with Crippen LogP contribution in [0, 0.1) is 12.7 Å². The Hall–Kier alpha value is -2.91. The van der Waals surface area contributed by atoms with Crippen LogP contribution < -0.4 is 9.44 Å². The van der Waals surface area contributed by atoms with Gasteiger partial charge in [-0.2, -0.15) is 0 Å². The predicted molar refractivity (Wildman–Crippen MR) is 106 cm³/mol. The smallest absolute Gasteiger partial charge is 0.261 e. The topological polar surface area (TPSA) is 92.3 Å². The number of aryl methyl sites for hydroxylation is 1. The summed E-state index contributed by atoms with van der Waals surface area (Å²) in [7, 11) is -7.82. The summed E-state index contributed by atoms with van der Waals surface area (Å²) < 4.78 is 67.8. The van der Waals surface area contributed by atoms with Gasteiger partial charge in [0.1, 0.15) is 5.82 Å². The number of para-hydroxylation sites is 1. The molecule has 0 unspecified atom stereocenters. The van der Waals surface area contributed by atoms with Crippen molar-refractivity contribution >= 4 is 31.4 Å². The Morgan fingerprint density at radius 2 is 1.18 bits per heavy atom. The summed E-state index contributed by atoms with van der Waals surface area (Å²) in [5.74, 6) is -0.700. The summed E-state index contributed by atoms with van der Waals surface area (Å²) in [6, 6.07) is 16.8. The van der Waals surface area contributed by atoms with Gasteiger partial charge in [0, 0.05) is 5.69 Å². The van der Waals surface area contributed by atoms with E-state index in [4.69, 9.17) is 0 Å². The molecule has 0 aliphatic heterocycles. The molecular weight excluding hydrogens is 403 g/mol. The number of rotatable bonds is 6. The van der Waals surface area contributed by atoms with E-state index in [2.05, 4.69) is 9.44 Å². The van der Waals surface area contributed by atoms with Crippen molar-refractivity contribution in [2.24, 2.45) is 0 Å². The highest BCUT2D eigenvalue weighted by Crippen LogP contribution is 2.22. The van der Waals surface area contributed by atoms with Gasteiger partial charge in [-0.25, -0.2) is 21.2 Å². The number of benzene rings is 3. The van der Waals surface area contributed by atoms with Crippen molar-refractivity contribution in [1.82, 2.24) is 0 Å². The molecule has 3 aromatic rings. The van der Waals surface area contributed by atoms with Gasteiger partial charge in [-0.1, -0.05) is 29.8 Å². The molecule has 2 N–H and O–H groups in total. The van der Waals surface area contributed by atoms with E-state index >= 15 is 0 Å². The normalized spacial score (nSPS) is 11.8. The molecule has 0 aliphatic carbocycles. The van der Waals surface area contributed by atoms with Gasteiger partial charge >= 0.3 is 0 Å². The van der Waals surface area contributed by atoms with E-state index in [1.165, 1.54) is 54.6 Å². The number of halogens is 1. The fraction of sp³-hybridized carbons (Fsp3) is 0.0526. The molecule has 0 heterocycles. The lowest BCUT2D eigenvalue weighted by atomic mass is 10.2. The van der Waals surface area contributed by atoms with Crippen LogP contribution in [0.15, 0.2) is 82.6 Å². The van der Waals surface area contributed by atoms with Crippen molar-refractivity contribution in [1.29, 1.82) is 0 Å². The van der Waals surface area contributed by atoms with Gasteiger partial charge in [0.05, 0.1) is 15.5 Å². The summed E-state index contributed by atoms with van der Waals surface area (Å²) in [6.45, 7) is 1.85. The van der Waals surface area contributed by atoms with E-state index in [1.54, 1.807) is 12.1 Å². The lowest BCUT2D eigenvalue weighted by Crippen LogP contribution is -2.15. The molecule has 0 bridgehead atoms. The third kappa shape index (κ3) is 4.49. The van der Waals surface area contributed by atoms with E-state index in [0.29, 0.717) is 0 Å². The summed E-state index contributed by atoms with van der Waals surface area (Å²) in [5.41, 5.74) is 0.952.